The lowest BCUT2D eigenvalue weighted by atomic mass is 9.99. The lowest BCUT2D eigenvalue weighted by Gasteiger charge is -2.41. The zero-order valence-corrected chi connectivity index (χ0v) is 16.5. The molecule has 0 N–H and O–H groups in total. The molecule has 0 spiro atoms. The zero-order chi connectivity index (χ0) is 20.3. The van der Waals surface area contributed by atoms with Crippen LogP contribution < -0.4 is 0 Å². The lowest BCUT2D eigenvalue weighted by Crippen LogP contribution is -2.59. The number of fused-ring (bicyclic) bond motifs is 1. The fourth-order valence-corrected chi connectivity index (χ4v) is 3.38. The molecule has 2 aliphatic rings. The number of benzene rings is 1. The molecule has 5 atom stereocenters. The first-order chi connectivity index (χ1) is 13.2. The SMILES string of the molecule is CC(=O)OC[C@H]1O[C@@H](OCc2ccccc2)[C@H](OC(C)=O)[C@H]2OC(C)(C)O[C@H]21. The third kappa shape index (κ3) is 5.08. The highest BCUT2D eigenvalue weighted by atomic mass is 16.8. The molecule has 0 amide bonds. The third-order valence-electron chi connectivity index (χ3n) is 4.44. The lowest BCUT2D eigenvalue weighted by molar-refractivity contribution is -0.290. The molecular formula is C20H26O8. The van der Waals surface area contributed by atoms with Crippen LogP contribution in [0, 0.1) is 0 Å². The normalized spacial score (nSPS) is 31.1. The molecule has 2 saturated heterocycles. The predicted octanol–water partition coefficient (Wildman–Crippen LogP) is 1.94. The molecule has 8 nitrogen and oxygen atoms in total. The van der Waals surface area contributed by atoms with Crippen molar-refractivity contribution in [2.45, 2.75) is 70.8 Å². The monoisotopic (exact) mass is 394 g/mol. The minimum absolute atomic E-state index is 0.0199. The van der Waals surface area contributed by atoms with Gasteiger partial charge < -0.3 is 28.4 Å². The second-order valence-corrected chi connectivity index (χ2v) is 7.28. The van der Waals surface area contributed by atoms with E-state index in [0.717, 1.165) is 5.56 Å². The first kappa shape index (κ1) is 20.7. The maximum Gasteiger partial charge on any atom is 0.303 e. The van der Waals surface area contributed by atoms with Gasteiger partial charge in [-0.25, -0.2) is 0 Å². The Balaban J connectivity index is 1.80. The molecule has 154 valence electrons. The molecular weight excluding hydrogens is 368 g/mol. The largest absolute Gasteiger partial charge is 0.463 e. The number of esters is 2. The Morgan fingerprint density at radius 3 is 2.36 bits per heavy atom. The Hall–Kier alpha value is -2.00. The Bertz CT molecular complexity index is 689. The Morgan fingerprint density at radius 1 is 1.04 bits per heavy atom. The first-order valence-electron chi connectivity index (χ1n) is 9.22. The molecule has 0 aliphatic carbocycles. The summed E-state index contributed by atoms with van der Waals surface area (Å²) in [4.78, 5) is 22.9. The molecule has 2 heterocycles. The van der Waals surface area contributed by atoms with Gasteiger partial charge >= 0.3 is 11.9 Å². The van der Waals surface area contributed by atoms with Crippen molar-refractivity contribution in [3.8, 4) is 0 Å². The number of hydrogen-bond donors (Lipinski definition) is 0. The molecule has 0 saturated carbocycles. The molecule has 0 bridgehead atoms. The summed E-state index contributed by atoms with van der Waals surface area (Å²) < 4.78 is 34.4. The van der Waals surface area contributed by atoms with Crippen molar-refractivity contribution in [1.29, 1.82) is 0 Å². The van der Waals surface area contributed by atoms with E-state index >= 15 is 0 Å². The molecule has 2 fully saturated rings. The quantitative estimate of drug-likeness (QED) is 0.677. The van der Waals surface area contributed by atoms with Crippen molar-refractivity contribution < 1.29 is 38.0 Å². The molecule has 2 aliphatic heterocycles. The number of hydrogen-bond acceptors (Lipinski definition) is 8. The van der Waals surface area contributed by atoms with E-state index in [2.05, 4.69) is 0 Å². The van der Waals surface area contributed by atoms with Crippen LogP contribution in [0.2, 0.25) is 0 Å². The summed E-state index contributed by atoms with van der Waals surface area (Å²) in [6.45, 7) is 6.40. The van der Waals surface area contributed by atoms with E-state index in [0.29, 0.717) is 0 Å². The van der Waals surface area contributed by atoms with Gasteiger partial charge in [-0.15, -0.1) is 0 Å². The zero-order valence-electron chi connectivity index (χ0n) is 16.5. The van der Waals surface area contributed by atoms with Crippen molar-refractivity contribution in [3.63, 3.8) is 0 Å². The molecule has 1 aromatic carbocycles. The number of ether oxygens (including phenoxy) is 6. The standard InChI is InChI=1S/C20H26O8/c1-12(21)23-11-15-16-17(28-20(3,4)27-16)18(25-13(2)22)19(26-15)24-10-14-8-6-5-7-9-14/h5-9,15-19H,10-11H2,1-4H3/t15-,16+,17+,18-,19-/m1/s1. The smallest absolute Gasteiger partial charge is 0.303 e. The van der Waals surface area contributed by atoms with Gasteiger partial charge in [-0.2, -0.15) is 0 Å². The molecule has 0 radical (unpaired) electrons. The topological polar surface area (TPSA) is 89.5 Å². The van der Waals surface area contributed by atoms with Crippen LogP contribution in [0.4, 0.5) is 0 Å². The second kappa shape index (κ2) is 8.57. The van der Waals surface area contributed by atoms with Gasteiger partial charge in [-0.05, 0) is 19.4 Å². The van der Waals surface area contributed by atoms with E-state index in [4.69, 9.17) is 28.4 Å². The molecule has 1 aromatic rings. The molecule has 3 rings (SSSR count). The fraction of sp³-hybridized carbons (Fsp3) is 0.600. The third-order valence-corrected chi connectivity index (χ3v) is 4.44. The van der Waals surface area contributed by atoms with E-state index in [1.807, 2.05) is 30.3 Å². The number of carbonyl (C=O) groups excluding carboxylic acids is 2. The predicted molar refractivity (Wildman–Crippen MR) is 95.9 cm³/mol. The summed E-state index contributed by atoms with van der Waals surface area (Å²) in [5, 5.41) is 0. The van der Waals surface area contributed by atoms with Gasteiger partial charge in [-0.3, -0.25) is 9.59 Å². The van der Waals surface area contributed by atoms with E-state index < -0.39 is 48.4 Å². The van der Waals surface area contributed by atoms with E-state index in [1.54, 1.807) is 13.8 Å². The molecule has 0 aromatic heterocycles. The number of rotatable bonds is 6. The summed E-state index contributed by atoms with van der Waals surface area (Å²) >= 11 is 0. The molecule has 0 unspecified atom stereocenters. The maximum atomic E-state index is 11.7. The van der Waals surface area contributed by atoms with Crippen LogP contribution in [0.25, 0.3) is 0 Å². The number of carbonyl (C=O) groups is 2. The summed E-state index contributed by atoms with van der Waals surface area (Å²) in [5.41, 5.74) is 0.940. The maximum absolute atomic E-state index is 11.7. The van der Waals surface area contributed by atoms with Gasteiger partial charge in [0.2, 0.25) is 0 Å². The van der Waals surface area contributed by atoms with E-state index in [-0.39, 0.29) is 13.2 Å². The Morgan fingerprint density at radius 2 is 1.71 bits per heavy atom. The minimum atomic E-state index is -0.903. The summed E-state index contributed by atoms with van der Waals surface area (Å²) in [5.74, 6) is -1.81. The van der Waals surface area contributed by atoms with Gasteiger partial charge in [0.15, 0.2) is 18.2 Å². The van der Waals surface area contributed by atoms with Gasteiger partial charge in [-0.1, -0.05) is 30.3 Å². The van der Waals surface area contributed by atoms with Crippen LogP contribution in [0.1, 0.15) is 33.3 Å². The van der Waals surface area contributed by atoms with Crippen molar-refractivity contribution >= 4 is 11.9 Å². The second-order valence-electron chi connectivity index (χ2n) is 7.28. The average Bonchev–Trinajstić information content (AvgIpc) is 2.95. The first-order valence-corrected chi connectivity index (χ1v) is 9.22. The van der Waals surface area contributed by atoms with Crippen LogP contribution in [-0.4, -0.2) is 55.0 Å². The Kier molecular flexibility index (Phi) is 6.34. The Labute approximate surface area is 164 Å². The van der Waals surface area contributed by atoms with Crippen LogP contribution >= 0.6 is 0 Å². The van der Waals surface area contributed by atoms with Gasteiger partial charge in [0.05, 0.1) is 6.61 Å². The highest BCUT2D eigenvalue weighted by Gasteiger charge is 2.57. The van der Waals surface area contributed by atoms with Crippen molar-refractivity contribution in [2.75, 3.05) is 6.61 Å². The minimum Gasteiger partial charge on any atom is -0.463 e. The van der Waals surface area contributed by atoms with Crippen LogP contribution in [-0.2, 0) is 44.6 Å². The van der Waals surface area contributed by atoms with Crippen molar-refractivity contribution in [3.05, 3.63) is 35.9 Å². The van der Waals surface area contributed by atoms with E-state index in [9.17, 15) is 9.59 Å². The van der Waals surface area contributed by atoms with Crippen LogP contribution in [0.3, 0.4) is 0 Å². The molecule has 8 heteroatoms. The van der Waals surface area contributed by atoms with Crippen LogP contribution in [0.15, 0.2) is 30.3 Å². The van der Waals surface area contributed by atoms with E-state index in [1.165, 1.54) is 13.8 Å². The summed E-state index contributed by atoms with van der Waals surface area (Å²) in [6.07, 6.45) is -3.53. The summed E-state index contributed by atoms with van der Waals surface area (Å²) in [7, 11) is 0. The van der Waals surface area contributed by atoms with Crippen molar-refractivity contribution in [2.24, 2.45) is 0 Å². The van der Waals surface area contributed by atoms with Gasteiger partial charge in [0.1, 0.15) is 24.9 Å². The van der Waals surface area contributed by atoms with Gasteiger partial charge in [0, 0.05) is 13.8 Å². The highest BCUT2D eigenvalue weighted by Crippen LogP contribution is 2.39. The fourth-order valence-electron chi connectivity index (χ4n) is 3.38. The van der Waals surface area contributed by atoms with Gasteiger partial charge in [0.25, 0.3) is 0 Å². The highest BCUT2D eigenvalue weighted by molar-refractivity contribution is 5.66. The average molecular weight is 394 g/mol. The summed E-state index contributed by atoms with van der Waals surface area (Å²) in [6, 6.07) is 9.55. The molecule has 28 heavy (non-hydrogen) atoms. The van der Waals surface area contributed by atoms with Crippen molar-refractivity contribution in [1.82, 2.24) is 0 Å². The van der Waals surface area contributed by atoms with Crippen LogP contribution in [0.5, 0.6) is 0 Å².